The molecular formula is C13H24N4O. The molecule has 0 saturated carbocycles. The maximum Gasteiger partial charge on any atom is 0.221 e. The molecule has 1 rings (SSSR count). The Balaban J connectivity index is 2.61. The molecule has 1 heterocycles. The normalized spacial score (nSPS) is 12.2. The van der Waals surface area contributed by atoms with Gasteiger partial charge in [-0.15, -0.1) is 0 Å². The minimum Gasteiger partial charge on any atom is -0.481 e. The van der Waals surface area contributed by atoms with Crippen LogP contribution < -0.4 is 15.8 Å². The Morgan fingerprint density at radius 3 is 2.78 bits per heavy atom. The van der Waals surface area contributed by atoms with Gasteiger partial charge in [-0.1, -0.05) is 13.3 Å². The predicted molar refractivity (Wildman–Crippen MR) is 73.9 cm³/mol. The molecule has 0 aliphatic rings. The Kier molecular flexibility index (Phi) is 6.43. The Hall–Kier alpha value is -1.36. The summed E-state index contributed by atoms with van der Waals surface area (Å²) in [6.45, 7) is 5.78. The number of anilines is 1. The molecule has 0 fully saturated rings. The van der Waals surface area contributed by atoms with Gasteiger partial charge in [0.05, 0.1) is 12.7 Å². The molecule has 0 spiro atoms. The summed E-state index contributed by atoms with van der Waals surface area (Å²) in [7, 11) is 1.62. The summed E-state index contributed by atoms with van der Waals surface area (Å²) in [4.78, 5) is 8.31. The molecule has 0 aromatic carbocycles. The van der Waals surface area contributed by atoms with E-state index in [4.69, 9.17) is 10.5 Å². The van der Waals surface area contributed by atoms with Crippen LogP contribution in [0.5, 0.6) is 5.88 Å². The van der Waals surface area contributed by atoms with Gasteiger partial charge >= 0.3 is 0 Å². The predicted octanol–water partition coefficient (Wildman–Crippen LogP) is 1.97. The average molecular weight is 252 g/mol. The zero-order chi connectivity index (χ0) is 13.4. The van der Waals surface area contributed by atoms with Crippen molar-refractivity contribution in [3.05, 3.63) is 11.9 Å². The maximum absolute atomic E-state index is 5.63. The van der Waals surface area contributed by atoms with Gasteiger partial charge in [0.15, 0.2) is 0 Å². The van der Waals surface area contributed by atoms with E-state index in [0.717, 1.165) is 30.9 Å². The summed E-state index contributed by atoms with van der Waals surface area (Å²) in [5.41, 5.74) is 6.58. The lowest BCUT2D eigenvalue weighted by Gasteiger charge is -2.17. The third-order valence-corrected chi connectivity index (χ3v) is 3.06. The summed E-state index contributed by atoms with van der Waals surface area (Å²) in [6, 6.07) is 0. The fraction of sp³-hybridized carbons (Fsp3) is 0.692. The highest BCUT2D eigenvalue weighted by molar-refractivity contribution is 5.47. The summed E-state index contributed by atoms with van der Waals surface area (Å²) in [6.07, 6.45) is 4.93. The molecule has 0 aliphatic carbocycles. The number of nitrogens with two attached hydrogens (primary N) is 1. The van der Waals surface area contributed by atoms with Crippen molar-refractivity contribution in [3.63, 3.8) is 0 Å². The summed E-state index contributed by atoms with van der Waals surface area (Å²) >= 11 is 0. The van der Waals surface area contributed by atoms with Gasteiger partial charge in [-0.05, 0) is 32.2 Å². The first-order chi connectivity index (χ1) is 8.72. The minimum absolute atomic E-state index is 0.598. The third kappa shape index (κ3) is 4.14. The number of hydrogen-bond acceptors (Lipinski definition) is 5. The average Bonchev–Trinajstić information content (AvgIpc) is 2.38. The van der Waals surface area contributed by atoms with Crippen molar-refractivity contribution in [1.29, 1.82) is 0 Å². The molecule has 5 nitrogen and oxygen atoms in total. The van der Waals surface area contributed by atoms with Crippen LogP contribution in [-0.2, 0) is 0 Å². The lowest BCUT2D eigenvalue weighted by Crippen LogP contribution is -2.19. The number of methoxy groups -OCH3 is 1. The molecule has 1 aromatic heterocycles. The topological polar surface area (TPSA) is 73.1 Å². The molecule has 0 aliphatic heterocycles. The highest BCUT2D eigenvalue weighted by Gasteiger charge is 2.10. The van der Waals surface area contributed by atoms with E-state index in [1.54, 1.807) is 7.11 Å². The number of ether oxygens (including phenoxy) is 1. The Morgan fingerprint density at radius 1 is 1.39 bits per heavy atom. The van der Waals surface area contributed by atoms with Crippen molar-refractivity contribution >= 4 is 5.82 Å². The van der Waals surface area contributed by atoms with Crippen molar-refractivity contribution < 1.29 is 4.74 Å². The van der Waals surface area contributed by atoms with Gasteiger partial charge in [0.25, 0.3) is 0 Å². The third-order valence-electron chi connectivity index (χ3n) is 3.06. The SMILES string of the molecule is CCCC(CCN)CNc1ncnc(OC)c1C. The second-order valence-corrected chi connectivity index (χ2v) is 4.47. The van der Waals surface area contributed by atoms with Gasteiger partial charge < -0.3 is 15.8 Å². The second kappa shape index (κ2) is 7.87. The Morgan fingerprint density at radius 2 is 2.17 bits per heavy atom. The first-order valence-corrected chi connectivity index (χ1v) is 6.52. The quantitative estimate of drug-likeness (QED) is 0.740. The molecular weight excluding hydrogens is 228 g/mol. The van der Waals surface area contributed by atoms with E-state index in [9.17, 15) is 0 Å². The summed E-state index contributed by atoms with van der Waals surface area (Å²) in [5.74, 6) is 2.07. The van der Waals surface area contributed by atoms with Gasteiger partial charge in [-0.25, -0.2) is 9.97 Å². The maximum atomic E-state index is 5.63. The van der Waals surface area contributed by atoms with Crippen LogP contribution in [0.1, 0.15) is 31.7 Å². The van der Waals surface area contributed by atoms with Crippen molar-refractivity contribution in [2.24, 2.45) is 11.7 Å². The molecule has 1 aromatic rings. The van der Waals surface area contributed by atoms with Crippen molar-refractivity contribution in [1.82, 2.24) is 9.97 Å². The van der Waals surface area contributed by atoms with Crippen molar-refractivity contribution in [3.8, 4) is 5.88 Å². The van der Waals surface area contributed by atoms with E-state index in [-0.39, 0.29) is 0 Å². The van der Waals surface area contributed by atoms with Gasteiger partial charge in [0, 0.05) is 6.54 Å². The molecule has 0 bridgehead atoms. The van der Waals surface area contributed by atoms with Crippen LogP contribution >= 0.6 is 0 Å². The standard InChI is InChI=1S/C13H24N4O/c1-4-5-11(6-7-14)8-15-12-10(2)13(18-3)17-9-16-12/h9,11H,4-8,14H2,1-3H3,(H,15,16,17). The zero-order valence-electron chi connectivity index (χ0n) is 11.6. The fourth-order valence-corrected chi connectivity index (χ4v) is 2.05. The van der Waals surface area contributed by atoms with Gasteiger partial charge in [-0.3, -0.25) is 0 Å². The van der Waals surface area contributed by atoms with Crippen molar-refractivity contribution in [2.75, 3.05) is 25.5 Å². The highest BCUT2D eigenvalue weighted by Crippen LogP contribution is 2.20. The number of hydrogen-bond donors (Lipinski definition) is 2. The van der Waals surface area contributed by atoms with Gasteiger partial charge in [0.1, 0.15) is 12.1 Å². The van der Waals surface area contributed by atoms with E-state index in [2.05, 4.69) is 22.2 Å². The number of rotatable bonds is 8. The Bertz CT molecular complexity index is 351. The largest absolute Gasteiger partial charge is 0.481 e. The summed E-state index contributed by atoms with van der Waals surface area (Å²) in [5, 5.41) is 3.37. The van der Waals surface area contributed by atoms with Crippen LogP contribution in [0.4, 0.5) is 5.82 Å². The van der Waals surface area contributed by atoms with Crippen LogP contribution in [0.15, 0.2) is 6.33 Å². The zero-order valence-corrected chi connectivity index (χ0v) is 11.6. The molecule has 102 valence electrons. The molecule has 0 amide bonds. The van der Waals surface area contributed by atoms with Crippen LogP contribution in [-0.4, -0.2) is 30.2 Å². The molecule has 18 heavy (non-hydrogen) atoms. The molecule has 1 unspecified atom stereocenters. The molecule has 3 N–H and O–H groups in total. The van der Waals surface area contributed by atoms with E-state index >= 15 is 0 Å². The molecule has 0 saturated heterocycles. The lowest BCUT2D eigenvalue weighted by atomic mass is 10.00. The van der Waals surface area contributed by atoms with Crippen molar-refractivity contribution in [2.45, 2.75) is 33.1 Å². The van der Waals surface area contributed by atoms with E-state index in [1.807, 2.05) is 6.92 Å². The van der Waals surface area contributed by atoms with E-state index in [0.29, 0.717) is 11.8 Å². The summed E-state index contributed by atoms with van der Waals surface area (Å²) < 4.78 is 5.18. The van der Waals surface area contributed by atoms with Crippen LogP contribution in [0, 0.1) is 12.8 Å². The molecule has 5 heteroatoms. The van der Waals surface area contributed by atoms with Crippen LogP contribution in [0.2, 0.25) is 0 Å². The first kappa shape index (κ1) is 14.7. The monoisotopic (exact) mass is 252 g/mol. The number of nitrogens with one attached hydrogen (secondary N) is 1. The number of nitrogens with zero attached hydrogens (tertiary/aromatic N) is 2. The molecule has 0 radical (unpaired) electrons. The minimum atomic E-state index is 0.598. The van der Waals surface area contributed by atoms with Gasteiger partial charge in [0.2, 0.25) is 5.88 Å². The number of aromatic nitrogens is 2. The smallest absolute Gasteiger partial charge is 0.221 e. The lowest BCUT2D eigenvalue weighted by molar-refractivity contribution is 0.393. The van der Waals surface area contributed by atoms with Crippen LogP contribution in [0.3, 0.4) is 0 Å². The first-order valence-electron chi connectivity index (χ1n) is 6.52. The second-order valence-electron chi connectivity index (χ2n) is 4.47. The highest BCUT2D eigenvalue weighted by atomic mass is 16.5. The van der Waals surface area contributed by atoms with E-state index < -0.39 is 0 Å². The fourth-order valence-electron chi connectivity index (χ4n) is 2.05. The van der Waals surface area contributed by atoms with E-state index in [1.165, 1.54) is 19.2 Å². The van der Waals surface area contributed by atoms with Crippen LogP contribution in [0.25, 0.3) is 0 Å². The molecule has 1 atom stereocenters. The van der Waals surface area contributed by atoms with Gasteiger partial charge in [-0.2, -0.15) is 0 Å². The Labute approximate surface area is 109 Å².